The zero-order valence-corrected chi connectivity index (χ0v) is 15.2. The lowest BCUT2D eigenvalue weighted by Crippen LogP contribution is -2.34. The van der Waals surface area contributed by atoms with Crippen LogP contribution >= 0.6 is 0 Å². The highest BCUT2D eigenvalue weighted by molar-refractivity contribution is 5.93. The molecule has 1 aliphatic heterocycles. The molecule has 1 aromatic carbocycles. The summed E-state index contributed by atoms with van der Waals surface area (Å²) in [7, 11) is 0. The molecule has 0 bridgehead atoms. The van der Waals surface area contributed by atoms with Crippen molar-refractivity contribution < 1.29 is 4.79 Å². The molecule has 136 valence electrons. The lowest BCUT2D eigenvalue weighted by molar-refractivity contribution is 0.254. The van der Waals surface area contributed by atoms with Gasteiger partial charge in [0.2, 0.25) is 0 Å². The highest BCUT2D eigenvalue weighted by atomic mass is 16.2. The summed E-state index contributed by atoms with van der Waals surface area (Å²) in [5, 5.41) is 3.68. The monoisotopic (exact) mass is 350 g/mol. The van der Waals surface area contributed by atoms with Crippen LogP contribution in [0.3, 0.4) is 0 Å². The summed E-state index contributed by atoms with van der Waals surface area (Å²) < 4.78 is 0. The standard InChI is InChI=1S/C21H26N4O/c1-14-4-3-10-23-20(14)16-5-2-6-17(12-16)24-18-8-7-15-9-11-25(21(22)26)19(15)13-18/h3-4,7-8,10,13,16-17,24H,2,5-6,9,11-12H2,1H3,(H2,22,26)/t16-,17+/m1/s1. The van der Waals surface area contributed by atoms with Crippen molar-refractivity contribution in [2.24, 2.45) is 5.73 Å². The van der Waals surface area contributed by atoms with E-state index in [1.807, 2.05) is 12.3 Å². The number of carbonyl (C=O) groups is 1. The van der Waals surface area contributed by atoms with Crippen LogP contribution in [0.4, 0.5) is 16.2 Å². The van der Waals surface area contributed by atoms with Gasteiger partial charge in [-0.15, -0.1) is 0 Å². The number of rotatable bonds is 3. The summed E-state index contributed by atoms with van der Waals surface area (Å²) in [5.41, 5.74) is 11.2. The minimum absolute atomic E-state index is 0.371. The van der Waals surface area contributed by atoms with Gasteiger partial charge in [-0.05, 0) is 61.9 Å². The number of benzene rings is 1. The maximum Gasteiger partial charge on any atom is 0.319 e. The molecule has 0 radical (unpaired) electrons. The molecule has 1 aromatic heterocycles. The van der Waals surface area contributed by atoms with Gasteiger partial charge < -0.3 is 11.1 Å². The lowest BCUT2D eigenvalue weighted by Gasteiger charge is -2.31. The molecule has 1 aliphatic carbocycles. The van der Waals surface area contributed by atoms with Gasteiger partial charge in [0.05, 0.1) is 5.69 Å². The number of hydrogen-bond donors (Lipinski definition) is 2. The first-order valence-corrected chi connectivity index (χ1v) is 9.50. The number of urea groups is 1. The second-order valence-corrected chi connectivity index (χ2v) is 7.49. The van der Waals surface area contributed by atoms with E-state index in [2.05, 4.69) is 41.5 Å². The van der Waals surface area contributed by atoms with Crippen LogP contribution in [0.1, 0.15) is 48.4 Å². The van der Waals surface area contributed by atoms with Gasteiger partial charge in [-0.1, -0.05) is 18.6 Å². The number of primary amides is 1. The van der Waals surface area contributed by atoms with Crippen LogP contribution < -0.4 is 16.0 Å². The van der Waals surface area contributed by atoms with Crippen molar-refractivity contribution in [3.05, 3.63) is 53.3 Å². The molecule has 2 atom stereocenters. The van der Waals surface area contributed by atoms with Crippen LogP contribution in [0.15, 0.2) is 36.5 Å². The molecule has 3 N–H and O–H groups in total. The summed E-state index contributed by atoms with van der Waals surface area (Å²) in [4.78, 5) is 17.9. The first kappa shape index (κ1) is 16.9. The third-order valence-corrected chi connectivity index (χ3v) is 5.73. The Kier molecular flexibility index (Phi) is 4.53. The van der Waals surface area contributed by atoms with E-state index >= 15 is 0 Å². The van der Waals surface area contributed by atoms with Crippen LogP contribution in [0.25, 0.3) is 0 Å². The number of aryl methyl sites for hydroxylation is 1. The van der Waals surface area contributed by atoms with Crippen LogP contribution in [0.2, 0.25) is 0 Å². The van der Waals surface area contributed by atoms with Gasteiger partial charge in [0, 0.05) is 36.1 Å². The van der Waals surface area contributed by atoms with Crippen molar-refractivity contribution >= 4 is 17.4 Å². The van der Waals surface area contributed by atoms with Crippen LogP contribution in [-0.2, 0) is 6.42 Å². The number of carbonyl (C=O) groups excluding carboxylic acids is 1. The SMILES string of the molecule is Cc1cccnc1[C@@H]1CCC[C@H](Nc2ccc3c(c2)N(C(N)=O)CC3)C1. The Morgan fingerprint density at radius 1 is 1.31 bits per heavy atom. The van der Waals surface area contributed by atoms with Gasteiger partial charge in [-0.2, -0.15) is 0 Å². The summed E-state index contributed by atoms with van der Waals surface area (Å²) in [6.07, 6.45) is 7.45. The molecule has 2 aromatic rings. The largest absolute Gasteiger partial charge is 0.382 e. The maximum atomic E-state index is 11.6. The molecule has 2 amide bonds. The third-order valence-electron chi connectivity index (χ3n) is 5.73. The summed E-state index contributed by atoms with van der Waals surface area (Å²) in [6.45, 7) is 2.83. The van der Waals surface area contributed by atoms with Crippen molar-refractivity contribution in [3.8, 4) is 0 Å². The van der Waals surface area contributed by atoms with Crippen molar-refractivity contribution in [1.29, 1.82) is 0 Å². The number of hydrogen-bond acceptors (Lipinski definition) is 3. The van der Waals surface area contributed by atoms with Gasteiger partial charge in [0.15, 0.2) is 0 Å². The van der Waals surface area contributed by atoms with E-state index in [-0.39, 0.29) is 6.03 Å². The van der Waals surface area contributed by atoms with Gasteiger partial charge in [0.25, 0.3) is 0 Å². The molecule has 0 unspecified atom stereocenters. The second-order valence-electron chi connectivity index (χ2n) is 7.49. The minimum Gasteiger partial charge on any atom is -0.382 e. The fraction of sp³-hybridized carbons (Fsp3) is 0.429. The molecule has 1 fully saturated rings. The van der Waals surface area contributed by atoms with Gasteiger partial charge in [0.1, 0.15) is 0 Å². The maximum absolute atomic E-state index is 11.6. The van der Waals surface area contributed by atoms with E-state index in [9.17, 15) is 4.79 Å². The summed E-state index contributed by atoms with van der Waals surface area (Å²) in [6, 6.07) is 10.5. The number of pyridine rings is 1. The van der Waals surface area contributed by atoms with E-state index in [1.165, 1.54) is 36.1 Å². The number of nitrogens with one attached hydrogen (secondary N) is 1. The Morgan fingerprint density at radius 3 is 3.00 bits per heavy atom. The molecule has 5 heteroatoms. The number of nitrogens with zero attached hydrogens (tertiary/aromatic N) is 2. The fourth-order valence-electron chi connectivity index (χ4n) is 4.43. The van der Waals surface area contributed by atoms with Gasteiger partial charge >= 0.3 is 6.03 Å². The van der Waals surface area contributed by atoms with Crippen LogP contribution in [0, 0.1) is 6.92 Å². The normalized spacial score (nSPS) is 22.1. The van der Waals surface area contributed by atoms with Crippen molar-refractivity contribution in [1.82, 2.24) is 4.98 Å². The Bertz CT molecular complexity index is 819. The number of anilines is 2. The van der Waals surface area contributed by atoms with E-state index in [4.69, 9.17) is 5.73 Å². The molecule has 5 nitrogen and oxygen atoms in total. The average molecular weight is 350 g/mol. The van der Waals surface area contributed by atoms with E-state index < -0.39 is 0 Å². The van der Waals surface area contributed by atoms with E-state index in [1.54, 1.807) is 4.90 Å². The molecular weight excluding hydrogens is 324 g/mol. The topological polar surface area (TPSA) is 71.2 Å². The van der Waals surface area contributed by atoms with Crippen LogP contribution in [0.5, 0.6) is 0 Å². The first-order valence-electron chi connectivity index (χ1n) is 9.50. The predicted octanol–water partition coefficient (Wildman–Crippen LogP) is 3.97. The van der Waals surface area contributed by atoms with Gasteiger partial charge in [-0.25, -0.2) is 4.79 Å². The number of fused-ring (bicyclic) bond motifs is 1. The predicted molar refractivity (Wildman–Crippen MR) is 105 cm³/mol. The first-order chi connectivity index (χ1) is 12.6. The highest BCUT2D eigenvalue weighted by Crippen LogP contribution is 2.36. The molecule has 0 saturated heterocycles. The molecular formula is C21H26N4O. The molecule has 0 spiro atoms. The average Bonchev–Trinajstić information content (AvgIpc) is 3.06. The summed E-state index contributed by atoms with van der Waals surface area (Å²) >= 11 is 0. The zero-order chi connectivity index (χ0) is 18.1. The Balaban J connectivity index is 1.49. The molecule has 4 rings (SSSR count). The van der Waals surface area contributed by atoms with Gasteiger partial charge in [-0.3, -0.25) is 9.88 Å². The molecule has 2 aliphatic rings. The number of amides is 2. The number of nitrogens with two attached hydrogens (primary N) is 1. The molecule has 26 heavy (non-hydrogen) atoms. The Hall–Kier alpha value is -2.56. The third kappa shape index (κ3) is 3.26. The molecule has 2 heterocycles. The summed E-state index contributed by atoms with van der Waals surface area (Å²) in [5.74, 6) is 0.513. The minimum atomic E-state index is -0.371. The van der Waals surface area contributed by atoms with E-state index in [0.29, 0.717) is 18.5 Å². The smallest absolute Gasteiger partial charge is 0.319 e. The molecule has 1 saturated carbocycles. The number of aromatic nitrogens is 1. The van der Waals surface area contributed by atoms with Crippen molar-refractivity contribution in [2.45, 2.75) is 51.0 Å². The van der Waals surface area contributed by atoms with Crippen LogP contribution in [-0.4, -0.2) is 23.6 Å². The fourth-order valence-corrected chi connectivity index (χ4v) is 4.43. The lowest BCUT2D eigenvalue weighted by atomic mass is 9.82. The second kappa shape index (κ2) is 6.98. The zero-order valence-electron chi connectivity index (χ0n) is 15.2. The quantitative estimate of drug-likeness (QED) is 0.880. The van der Waals surface area contributed by atoms with Crippen molar-refractivity contribution in [3.63, 3.8) is 0 Å². The Morgan fingerprint density at radius 2 is 2.19 bits per heavy atom. The van der Waals surface area contributed by atoms with Crippen molar-refractivity contribution in [2.75, 3.05) is 16.8 Å². The van der Waals surface area contributed by atoms with E-state index in [0.717, 1.165) is 24.2 Å². The highest BCUT2D eigenvalue weighted by Gasteiger charge is 2.26. The Labute approximate surface area is 154 Å².